The van der Waals surface area contributed by atoms with E-state index in [-0.39, 0.29) is 5.91 Å². The van der Waals surface area contributed by atoms with Gasteiger partial charge in [0.2, 0.25) is 5.82 Å². The Hall–Kier alpha value is -2.70. The summed E-state index contributed by atoms with van der Waals surface area (Å²) in [6.45, 7) is 4.16. The van der Waals surface area contributed by atoms with Crippen LogP contribution in [0.5, 0.6) is 0 Å². The molecule has 3 heterocycles. The average Bonchev–Trinajstić information content (AvgIpc) is 3.35. The summed E-state index contributed by atoms with van der Waals surface area (Å²) < 4.78 is 2.01. The number of nitrogens with zero attached hydrogens (tertiary/aromatic N) is 4. The summed E-state index contributed by atoms with van der Waals surface area (Å²) >= 11 is 6.35. The zero-order valence-corrected chi connectivity index (χ0v) is 17.4. The first kappa shape index (κ1) is 19.3. The first-order valence-electron chi connectivity index (χ1n) is 10.4. The molecule has 1 fully saturated rings. The fourth-order valence-corrected chi connectivity index (χ4v) is 4.84. The van der Waals surface area contributed by atoms with E-state index in [4.69, 9.17) is 11.6 Å². The molecule has 0 aliphatic carbocycles. The van der Waals surface area contributed by atoms with E-state index in [2.05, 4.69) is 26.5 Å². The quantitative estimate of drug-likeness (QED) is 0.687. The van der Waals surface area contributed by atoms with E-state index < -0.39 is 0 Å². The van der Waals surface area contributed by atoms with Crippen LogP contribution in [-0.2, 0) is 26.1 Å². The molecule has 1 aromatic heterocycles. The van der Waals surface area contributed by atoms with E-state index in [1.165, 1.54) is 0 Å². The van der Waals surface area contributed by atoms with Crippen molar-refractivity contribution in [2.45, 2.75) is 26.1 Å². The highest BCUT2D eigenvalue weighted by atomic mass is 35.5. The van der Waals surface area contributed by atoms with Crippen molar-refractivity contribution in [3.8, 4) is 0 Å². The molecule has 0 radical (unpaired) electrons. The van der Waals surface area contributed by atoms with Crippen molar-refractivity contribution in [3.63, 3.8) is 0 Å². The number of amides is 1. The minimum Gasteiger partial charge on any atom is -0.345 e. The van der Waals surface area contributed by atoms with E-state index >= 15 is 0 Å². The molecular weight excluding hydrogens is 398 g/mol. The van der Waals surface area contributed by atoms with Crippen LogP contribution in [0.25, 0.3) is 0 Å². The largest absolute Gasteiger partial charge is 0.345 e. The van der Waals surface area contributed by atoms with Gasteiger partial charge < -0.3 is 9.88 Å². The van der Waals surface area contributed by atoms with E-state index in [1.807, 2.05) is 53.1 Å². The molecule has 2 aliphatic heterocycles. The Morgan fingerprint density at radius 2 is 1.77 bits per heavy atom. The van der Waals surface area contributed by atoms with Crippen molar-refractivity contribution in [3.05, 3.63) is 82.4 Å². The third-order valence-corrected chi connectivity index (χ3v) is 6.56. The smallest absolute Gasteiger partial charge is 0.289 e. The number of aromatic nitrogens is 3. The second-order valence-corrected chi connectivity index (χ2v) is 8.64. The Bertz CT molecular complexity index is 1050. The maximum Gasteiger partial charge on any atom is 0.289 e. The lowest BCUT2D eigenvalue weighted by Crippen LogP contribution is -2.32. The Morgan fingerprint density at radius 3 is 2.60 bits per heavy atom. The summed E-state index contributed by atoms with van der Waals surface area (Å²) in [6, 6.07) is 17.9. The monoisotopic (exact) mass is 421 g/mol. The Balaban J connectivity index is 1.24. The van der Waals surface area contributed by atoms with Gasteiger partial charge in [-0.25, -0.2) is 0 Å². The van der Waals surface area contributed by atoms with Crippen LogP contribution in [0, 0.1) is 11.8 Å². The van der Waals surface area contributed by atoms with Gasteiger partial charge in [-0.15, -0.1) is 10.2 Å². The molecule has 0 spiro atoms. The Kier molecular flexibility index (Phi) is 5.27. The highest BCUT2D eigenvalue weighted by Crippen LogP contribution is 2.33. The Labute approximate surface area is 180 Å². The molecule has 154 valence electrons. The molecule has 2 aliphatic rings. The molecule has 30 heavy (non-hydrogen) atoms. The minimum absolute atomic E-state index is 0.165. The zero-order valence-electron chi connectivity index (χ0n) is 16.7. The SMILES string of the molecule is O=C(NCc1ccccc1)c1nnc2n1C[C@@H]1CN(Cc3ccccc3Cl)C[C@H]1C2. The molecule has 0 saturated carbocycles. The number of benzene rings is 2. The van der Waals surface area contributed by atoms with Crippen molar-refractivity contribution in [1.29, 1.82) is 0 Å². The molecule has 1 saturated heterocycles. The van der Waals surface area contributed by atoms with E-state index in [0.29, 0.717) is 24.2 Å². The zero-order chi connectivity index (χ0) is 20.5. The van der Waals surface area contributed by atoms with Crippen LogP contribution in [-0.4, -0.2) is 38.7 Å². The number of hydrogen-bond acceptors (Lipinski definition) is 4. The number of nitrogens with one attached hydrogen (secondary N) is 1. The van der Waals surface area contributed by atoms with E-state index in [9.17, 15) is 4.79 Å². The molecule has 6 nitrogen and oxygen atoms in total. The van der Waals surface area contributed by atoms with E-state index in [1.54, 1.807) is 0 Å². The number of hydrogen-bond donors (Lipinski definition) is 1. The van der Waals surface area contributed by atoms with Crippen molar-refractivity contribution in [2.24, 2.45) is 11.8 Å². The average molecular weight is 422 g/mol. The van der Waals surface area contributed by atoms with Gasteiger partial charge in [0.1, 0.15) is 5.82 Å². The van der Waals surface area contributed by atoms with Crippen LogP contribution < -0.4 is 5.32 Å². The summed E-state index contributed by atoms with van der Waals surface area (Å²) in [6.07, 6.45) is 0.864. The molecule has 5 rings (SSSR count). The maximum atomic E-state index is 12.7. The molecule has 2 aromatic carbocycles. The van der Waals surface area contributed by atoms with Crippen LogP contribution in [0.2, 0.25) is 5.02 Å². The standard InChI is InChI=1S/C23H24ClN5O/c24-20-9-5-4-8-17(20)12-28-13-18-10-21-26-27-22(29(21)15-19(18)14-28)23(30)25-11-16-6-2-1-3-7-16/h1-9,18-19H,10-15H2,(H,25,30)/t18-,19+/m1/s1. The van der Waals surface area contributed by atoms with Gasteiger partial charge in [-0.3, -0.25) is 9.69 Å². The number of carbonyl (C=O) groups excluding carboxylic acids is 1. The molecule has 1 amide bonds. The van der Waals surface area contributed by atoms with Crippen molar-refractivity contribution in [1.82, 2.24) is 25.0 Å². The Morgan fingerprint density at radius 1 is 1.00 bits per heavy atom. The lowest BCUT2D eigenvalue weighted by Gasteiger charge is -2.25. The van der Waals surface area contributed by atoms with Gasteiger partial charge in [-0.2, -0.15) is 0 Å². The molecule has 0 unspecified atom stereocenters. The fraction of sp³-hybridized carbons (Fsp3) is 0.348. The minimum atomic E-state index is -0.165. The molecule has 2 atom stereocenters. The molecule has 7 heteroatoms. The summed E-state index contributed by atoms with van der Waals surface area (Å²) in [7, 11) is 0. The van der Waals surface area contributed by atoms with Crippen molar-refractivity contribution < 1.29 is 4.79 Å². The highest BCUT2D eigenvalue weighted by molar-refractivity contribution is 6.31. The van der Waals surface area contributed by atoms with Gasteiger partial charge in [0.15, 0.2) is 0 Å². The van der Waals surface area contributed by atoms with Gasteiger partial charge >= 0.3 is 0 Å². The number of likely N-dealkylation sites (tertiary alicyclic amines) is 1. The first-order valence-corrected chi connectivity index (χ1v) is 10.7. The fourth-order valence-electron chi connectivity index (χ4n) is 4.64. The summed E-state index contributed by atoms with van der Waals surface area (Å²) in [5, 5.41) is 12.3. The van der Waals surface area contributed by atoms with Crippen LogP contribution in [0.4, 0.5) is 0 Å². The van der Waals surface area contributed by atoms with Crippen molar-refractivity contribution in [2.75, 3.05) is 13.1 Å². The second-order valence-electron chi connectivity index (χ2n) is 8.23. The third-order valence-electron chi connectivity index (χ3n) is 6.19. The second kappa shape index (κ2) is 8.20. The van der Waals surface area contributed by atoms with Gasteiger partial charge in [0.25, 0.3) is 5.91 Å². The van der Waals surface area contributed by atoms with Gasteiger partial charge in [-0.05, 0) is 29.0 Å². The summed E-state index contributed by atoms with van der Waals surface area (Å²) in [5.74, 6) is 2.22. The number of halogens is 1. The van der Waals surface area contributed by atoms with Crippen LogP contribution in [0.3, 0.4) is 0 Å². The topological polar surface area (TPSA) is 63.1 Å². The van der Waals surface area contributed by atoms with Crippen molar-refractivity contribution >= 4 is 17.5 Å². The van der Waals surface area contributed by atoms with Gasteiger partial charge in [0.05, 0.1) is 0 Å². The third kappa shape index (κ3) is 3.85. The predicted octanol–water partition coefficient (Wildman–Crippen LogP) is 3.17. The molecule has 0 bridgehead atoms. The van der Waals surface area contributed by atoms with Crippen LogP contribution in [0.1, 0.15) is 27.6 Å². The highest BCUT2D eigenvalue weighted by Gasteiger charge is 2.39. The maximum absolute atomic E-state index is 12.7. The number of carbonyl (C=O) groups is 1. The van der Waals surface area contributed by atoms with Crippen LogP contribution >= 0.6 is 11.6 Å². The number of fused-ring (bicyclic) bond motifs is 2. The predicted molar refractivity (Wildman–Crippen MR) is 115 cm³/mol. The molecule has 1 N–H and O–H groups in total. The number of rotatable bonds is 5. The first-order chi connectivity index (χ1) is 14.7. The van der Waals surface area contributed by atoms with Crippen LogP contribution in [0.15, 0.2) is 54.6 Å². The summed E-state index contributed by atoms with van der Waals surface area (Å²) in [5.41, 5.74) is 2.23. The van der Waals surface area contributed by atoms with Gasteiger partial charge in [0, 0.05) is 44.2 Å². The van der Waals surface area contributed by atoms with E-state index in [0.717, 1.165) is 54.6 Å². The molecule has 3 aromatic rings. The lowest BCUT2D eigenvalue weighted by atomic mass is 9.89. The lowest BCUT2D eigenvalue weighted by molar-refractivity contribution is 0.0932. The summed E-state index contributed by atoms with van der Waals surface area (Å²) in [4.78, 5) is 15.2. The molecular formula is C23H24ClN5O. The van der Waals surface area contributed by atoms with Gasteiger partial charge in [-0.1, -0.05) is 60.1 Å². The normalized spacial score (nSPS) is 20.6.